The molecule has 0 aliphatic rings. The summed E-state index contributed by atoms with van der Waals surface area (Å²) < 4.78 is 0. The van der Waals surface area contributed by atoms with Crippen molar-refractivity contribution in [2.24, 2.45) is 0 Å². The maximum Gasteiger partial charge on any atom is 0.228 e. The lowest BCUT2D eigenvalue weighted by atomic mass is 10.1. The van der Waals surface area contributed by atoms with Gasteiger partial charge in [0.05, 0.1) is 29.4 Å². The lowest BCUT2D eigenvalue weighted by Gasteiger charge is -2.07. The minimum Gasteiger partial charge on any atom is -0.324 e. The molecule has 1 amide bonds. The average molecular weight is 251 g/mol. The molecule has 2 aromatic rings. The number of nitriles is 1. The highest BCUT2D eigenvalue weighted by Gasteiger charge is 2.06. The lowest BCUT2D eigenvalue weighted by Crippen LogP contribution is -2.15. The van der Waals surface area contributed by atoms with E-state index < -0.39 is 0 Å². The quantitative estimate of drug-likeness (QED) is 0.911. The fourth-order valence-corrected chi connectivity index (χ4v) is 1.69. The lowest BCUT2D eigenvalue weighted by molar-refractivity contribution is -0.115. The smallest absolute Gasteiger partial charge is 0.228 e. The summed E-state index contributed by atoms with van der Waals surface area (Å²) in [5, 5.41) is 11.5. The Bertz CT molecular complexity index is 627. The number of benzene rings is 1. The number of nitrogens with one attached hydrogen (secondary N) is 1. The number of aryl methyl sites for hydroxylation is 1. The molecule has 0 aliphatic carbocycles. The van der Waals surface area contributed by atoms with E-state index in [4.69, 9.17) is 5.26 Å². The van der Waals surface area contributed by atoms with Crippen LogP contribution in [0.5, 0.6) is 0 Å². The molecule has 1 N–H and O–H groups in total. The number of hydrogen-bond acceptors (Lipinski definition) is 3. The van der Waals surface area contributed by atoms with Crippen molar-refractivity contribution in [1.82, 2.24) is 4.98 Å². The summed E-state index contributed by atoms with van der Waals surface area (Å²) in [6.07, 6.45) is 1.96. The highest BCUT2D eigenvalue weighted by atomic mass is 16.1. The van der Waals surface area contributed by atoms with Gasteiger partial charge in [0.1, 0.15) is 0 Å². The summed E-state index contributed by atoms with van der Waals surface area (Å²) in [5.74, 6) is -0.0965. The molecule has 94 valence electrons. The van der Waals surface area contributed by atoms with E-state index in [2.05, 4.69) is 10.3 Å². The number of hydrogen-bond donors (Lipinski definition) is 1. The van der Waals surface area contributed by atoms with E-state index in [1.807, 2.05) is 19.1 Å². The molecule has 0 radical (unpaired) electrons. The molecule has 4 nitrogen and oxygen atoms in total. The van der Waals surface area contributed by atoms with Crippen LogP contribution in [0.3, 0.4) is 0 Å². The van der Waals surface area contributed by atoms with Crippen LogP contribution in [0.1, 0.15) is 16.8 Å². The standard InChI is InChI=1S/C15H13N3O/c1-11-14(3-2-8-17-11)18-15(19)9-12-4-6-13(10-16)7-5-12/h2-8H,9H2,1H3,(H,18,19). The van der Waals surface area contributed by atoms with Gasteiger partial charge in [0.25, 0.3) is 0 Å². The van der Waals surface area contributed by atoms with Crippen LogP contribution in [0, 0.1) is 18.3 Å². The Labute approximate surface area is 111 Å². The molecular weight excluding hydrogens is 238 g/mol. The summed E-state index contributed by atoms with van der Waals surface area (Å²) in [6, 6.07) is 12.6. The van der Waals surface area contributed by atoms with Crippen LogP contribution in [0.2, 0.25) is 0 Å². The molecule has 0 saturated carbocycles. The molecule has 0 saturated heterocycles. The minimum absolute atomic E-state index is 0.0965. The Hall–Kier alpha value is -2.67. The Kier molecular flexibility index (Phi) is 3.89. The maximum atomic E-state index is 11.9. The van der Waals surface area contributed by atoms with Gasteiger partial charge < -0.3 is 5.32 Å². The zero-order valence-electron chi connectivity index (χ0n) is 10.6. The summed E-state index contributed by atoms with van der Waals surface area (Å²) in [7, 11) is 0. The number of carbonyl (C=O) groups excluding carboxylic acids is 1. The van der Waals surface area contributed by atoms with Gasteiger partial charge in [0, 0.05) is 6.20 Å². The first-order valence-electron chi connectivity index (χ1n) is 5.89. The van der Waals surface area contributed by atoms with Crippen molar-refractivity contribution >= 4 is 11.6 Å². The summed E-state index contributed by atoms with van der Waals surface area (Å²) >= 11 is 0. The van der Waals surface area contributed by atoms with Gasteiger partial charge in [-0.2, -0.15) is 5.26 Å². The largest absolute Gasteiger partial charge is 0.324 e. The summed E-state index contributed by atoms with van der Waals surface area (Å²) in [5.41, 5.74) is 2.97. The topological polar surface area (TPSA) is 65.8 Å². The Morgan fingerprint density at radius 3 is 2.68 bits per heavy atom. The van der Waals surface area contributed by atoms with Gasteiger partial charge in [0.15, 0.2) is 0 Å². The minimum atomic E-state index is -0.0965. The molecule has 0 bridgehead atoms. The highest BCUT2D eigenvalue weighted by molar-refractivity contribution is 5.92. The number of aromatic nitrogens is 1. The first-order chi connectivity index (χ1) is 9.19. The van der Waals surface area contributed by atoms with Crippen LogP contribution >= 0.6 is 0 Å². The number of pyridine rings is 1. The normalized spacial score (nSPS) is 9.68. The molecule has 2 rings (SSSR count). The van der Waals surface area contributed by atoms with Gasteiger partial charge in [-0.05, 0) is 36.8 Å². The second-order valence-electron chi connectivity index (χ2n) is 4.17. The van der Waals surface area contributed by atoms with Gasteiger partial charge in [-0.1, -0.05) is 12.1 Å². The number of carbonyl (C=O) groups is 1. The Morgan fingerprint density at radius 2 is 2.05 bits per heavy atom. The Morgan fingerprint density at radius 1 is 1.32 bits per heavy atom. The van der Waals surface area contributed by atoms with Crippen molar-refractivity contribution in [3.8, 4) is 6.07 Å². The molecule has 0 fully saturated rings. The van der Waals surface area contributed by atoms with E-state index in [1.165, 1.54) is 0 Å². The molecule has 0 spiro atoms. The zero-order chi connectivity index (χ0) is 13.7. The molecule has 19 heavy (non-hydrogen) atoms. The molecule has 1 aromatic heterocycles. The van der Waals surface area contributed by atoms with Crippen molar-refractivity contribution < 1.29 is 4.79 Å². The van der Waals surface area contributed by atoms with E-state index in [0.29, 0.717) is 5.56 Å². The Balaban J connectivity index is 2.01. The number of nitrogens with zero attached hydrogens (tertiary/aromatic N) is 2. The number of rotatable bonds is 3. The predicted octanol–water partition coefficient (Wildman–Crippen LogP) is 2.44. The second kappa shape index (κ2) is 5.78. The first-order valence-corrected chi connectivity index (χ1v) is 5.89. The van der Waals surface area contributed by atoms with Crippen molar-refractivity contribution in [2.75, 3.05) is 5.32 Å². The molecule has 0 atom stereocenters. The van der Waals surface area contributed by atoms with Crippen molar-refractivity contribution in [1.29, 1.82) is 5.26 Å². The van der Waals surface area contributed by atoms with Gasteiger partial charge in [-0.3, -0.25) is 9.78 Å². The van der Waals surface area contributed by atoms with Gasteiger partial charge in [-0.15, -0.1) is 0 Å². The molecule has 1 aromatic carbocycles. The fourth-order valence-electron chi connectivity index (χ4n) is 1.69. The molecule has 0 aliphatic heterocycles. The van der Waals surface area contributed by atoms with Crippen molar-refractivity contribution in [3.05, 3.63) is 59.4 Å². The molecule has 1 heterocycles. The molecule has 0 unspecified atom stereocenters. The van der Waals surface area contributed by atoms with E-state index in [1.54, 1.807) is 36.5 Å². The van der Waals surface area contributed by atoms with Crippen LogP contribution in [0.25, 0.3) is 0 Å². The number of anilines is 1. The van der Waals surface area contributed by atoms with Crippen molar-refractivity contribution in [3.63, 3.8) is 0 Å². The molecule has 4 heteroatoms. The van der Waals surface area contributed by atoms with Crippen LogP contribution in [0.15, 0.2) is 42.6 Å². The fraction of sp³-hybridized carbons (Fsp3) is 0.133. The summed E-state index contributed by atoms with van der Waals surface area (Å²) in [4.78, 5) is 16.0. The monoisotopic (exact) mass is 251 g/mol. The SMILES string of the molecule is Cc1ncccc1NC(=O)Cc1ccc(C#N)cc1. The highest BCUT2D eigenvalue weighted by Crippen LogP contribution is 2.11. The third kappa shape index (κ3) is 3.39. The van der Waals surface area contributed by atoms with Gasteiger partial charge in [-0.25, -0.2) is 0 Å². The van der Waals surface area contributed by atoms with Crippen molar-refractivity contribution in [2.45, 2.75) is 13.3 Å². The third-order valence-corrected chi connectivity index (χ3v) is 2.73. The van der Waals surface area contributed by atoms with Crippen LogP contribution in [-0.4, -0.2) is 10.9 Å². The van der Waals surface area contributed by atoms with E-state index in [9.17, 15) is 4.79 Å². The predicted molar refractivity (Wildman–Crippen MR) is 72.5 cm³/mol. The van der Waals surface area contributed by atoms with E-state index in [-0.39, 0.29) is 12.3 Å². The van der Waals surface area contributed by atoms with Crippen LogP contribution < -0.4 is 5.32 Å². The van der Waals surface area contributed by atoms with Gasteiger partial charge in [0.2, 0.25) is 5.91 Å². The maximum absolute atomic E-state index is 11.9. The second-order valence-corrected chi connectivity index (χ2v) is 4.17. The van der Waals surface area contributed by atoms with E-state index in [0.717, 1.165) is 16.9 Å². The van der Waals surface area contributed by atoms with Crippen LogP contribution in [-0.2, 0) is 11.2 Å². The van der Waals surface area contributed by atoms with Crippen LogP contribution in [0.4, 0.5) is 5.69 Å². The summed E-state index contributed by atoms with van der Waals surface area (Å²) in [6.45, 7) is 1.84. The third-order valence-electron chi connectivity index (χ3n) is 2.73. The first kappa shape index (κ1) is 12.8. The molecular formula is C15H13N3O. The zero-order valence-corrected chi connectivity index (χ0v) is 10.6. The van der Waals surface area contributed by atoms with E-state index >= 15 is 0 Å². The number of amides is 1. The van der Waals surface area contributed by atoms with Gasteiger partial charge >= 0.3 is 0 Å². The average Bonchev–Trinajstić information content (AvgIpc) is 2.42.